The van der Waals surface area contributed by atoms with Crippen LogP contribution >= 0.6 is 0 Å². The van der Waals surface area contributed by atoms with Crippen molar-refractivity contribution in [2.45, 2.75) is 32.1 Å². The number of nitrogens with one attached hydrogen (secondary N) is 2. The van der Waals surface area contributed by atoms with E-state index in [0.29, 0.717) is 11.6 Å². The molecule has 1 heterocycles. The van der Waals surface area contributed by atoms with Crippen LogP contribution in [0.2, 0.25) is 0 Å². The maximum absolute atomic E-state index is 11.2. The van der Waals surface area contributed by atoms with E-state index in [1.165, 1.54) is 19.3 Å². The topological polar surface area (TPSA) is 58.2 Å². The van der Waals surface area contributed by atoms with Crippen LogP contribution in [0.25, 0.3) is 0 Å². The Balaban J connectivity index is 2.02. The first kappa shape index (κ1) is 9.24. The Hall–Kier alpha value is -1.32. The summed E-state index contributed by atoms with van der Waals surface area (Å²) in [5.74, 6) is 0.170. The number of hydrogen-bond acceptors (Lipinski definition) is 2. The van der Waals surface area contributed by atoms with Crippen LogP contribution in [0.5, 0.6) is 0 Å². The molecule has 4 heteroatoms. The van der Waals surface area contributed by atoms with Gasteiger partial charge in [0.15, 0.2) is 0 Å². The minimum absolute atomic E-state index is 0.291. The average Bonchev–Trinajstić information content (AvgIpc) is 2.47. The zero-order valence-electron chi connectivity index (χ0n) is 8.01. The van der Waals surface area contributed by atoms with E-state index in [1.54, 1.807) is 0 Å². The molecular formula is C10H14N2O2. The zero-order chi connectivity index (χ0) is 9.97. The van der Waals surface area contributed by atoms with Crippen LogP contribution < -0.4 is 10.6 Å². The van der Waals surface area contributed by atoms with Gasteiger partial charge in [-0.1, -0.05) is 25.3 Å². The molecule has 0 unspecified atom stereocenters. The Morgan fingerprint density at radius 1 is 1.07 bits per heavy atom. The normalized spacial score (nSPS) is 26.4. The molecule has 2 rings (SSSR count). The van der Waals surface area contributed by atoms with Crippen molar-refractivity contribution in [3.63, 3.8) is 0 Å². The molecule has 1 saturated carbocycles. The van der Waals surface area contributed by atoms with Crippen molar-refractivity contribution in [3.05, 3.63) is 11.8 Å². The van der Waals surface area contributed by atoms with Gasteiger partial charge in [-0.05, 0) is 18.8 Å². The molecular weight excluding hydrogens is 180 g/mol. The van der Waals surface area contributed by atoms with Crippen molar-refractivity contribution in [1.29, 1.82) is 0 Å². The summed E-state index contributed by atoms with van der Waals surface area (Å²) in [6, 6.07) is -0.406. The van der Waals surface area contributed by atoms with Crippen LogP contribution in [0.4, 0.5) is 4.79 Å². The summed E-state index contributed by atoms with van der Waals surface area (Å²) in [6.07, 6.45) is 7.91. The van der Waals surface area contributed by atoms with E-state index >= 15 is 0 Å². The van der Waals surface area contributed by atoms with Crippen LogP contribution in [-0.4, -0.2) is 11.9 Å². The minimum atomic E-state index is -0.406. The lowest BCUT2D eigenvalue weighted by Gasteiger charge is -2.18. The smallest absolute Gasteiger partial charge is 0.303 e. The average molecular weight is 194 g/mol. The molecule has 1 aliphatic carbocycles. The van der Waals surface area contributed by atoms with Gasteiger partial charge in [-0.2, -0.15) is 0 Å². The molecule has 0 spiro atoms. The number of allylic oxidation sites excluding steroid dienone is 1. The van der Waals surface area contributed by atoms with E-state index in [9.17, 15) is 9.59 Å². The van der Waals surface area contributed by atoms with E-state index in [1.807, 2.05) is 6.08 Å². The van der Waals surface area contributed by atoms with Gasteiger partial charge in [-0.3, -0.25) is 10.1 Å². The molecule has 0 atom stereocenters. The second-order valence-corrected chi connectivity index (χ2v) is 3.89. The Bertz CT molecular complexity index is 290. The second-order valence-electron chi connectivity index (χ2n) is 3.89. The summed E-state index contributed by atoms with van der Waals surface area (Å²) < 4.78 is 0. The van der Waals surface area contributed by atoms with Crippen molar-refractivity contribution in [1.82, 2.24) is 10.6 Å². The van der Waals surface area contributed by atoms with Gasteiger partial charge in [0, 0.05) is 0 Å². The fourth-order valence-electron chi connectivity index (χ4n) is 2.03. The molecule has 2 aliphatic rings. The third-order valence-corrected chi connectivity index (χ3v) is 2.77. The van der Waals surface area contributed by atoms with E-state index < -0.39 is 6.03 Å². The first-order valence-electron chi connectivity index (χ1n) is 5.10. The molecule has 4 nitrogen and oxygen atoms in total. The number of carbonyl (C=O) groups excluding carboxylic acids is 2. The zero-order valence-corrected chi connectivity index (χ0v) is 8.01. The number of carbonyl (C=O) groups is 2. The summed E-state index contributed by atoms with van der Waals surface area (Å²) in [5, 5.41) is 4.71. The van der Waals surface area contributed by atoms with Crippen molar-refractivity contribution in [2.75, 3.05) is 0 Å². The van der Waals surface area contributed by atoms with Crippen LogP contribution in [-0.2, 0) is 4.79 Å². The SMILES string of the molecule is O=C1NC(=O)C(=CC2CCCCC2)N1. The summed E-state index contributed by atoms with van der Waals surface area (Å²) in [7, 11) is 0. The van der Waals surface area contributed by atoms with Gasteiger partial charge in [0.2, 0.25) is 0 Å². The molecule has 3 amide bonds. The highest BCUT2D eigenvalue weighted by molar-refractivity contribution is 6.11. The quantitative estimate of drug-likeness (QED) is 0.488. The Kier molecular flexibility index (Phi) is 2.52. The van der Waals surface area contributed by atoms with Gasteiger partial charge in [-0.15, -0.1) is 0 Å². The number of rotatable bonds is 1. The lowest BCUT2D eigenvalue weighted by molar-refractivity contribution is -0.115. The van der Waals surface area contributed by atoms with Gasteiger partial charge in [0.25, 0.3) is 5.91 Å². The van der Waals surface area contributed by atoms with E-state index in [0.717, 1.165) is 12.8 Å². The van der Waals surface area contributed by atoms with Gasteiger partial charge in [0.05, 0.1) is 0 Å². The van der Waals surface area contributed by atoms with Crippen LogP contribution in [0.15, 0.2) is 11.8 Å². The Labute approximate surface area is 82.7 Å². The van der Waals surface area contributed by atoms with Gasteiger partial charge in [-0.25, -0.2) is 4.79 Å². The first-order valence-corrected chi connectivity index (χ1v) is 5.10. The molecule has 0 aromatic carbocycles. The number of urea groups is 1. The molecule has 14 heavy (non-hydrogen) atoms. The predicted octanol–water partition coefficient (Wildman–Crippen LogP) is 1.29. The van der Waals surface area contributed by atoms with Crippen molar-refractivity contribution in [2.24, 2.45) is 5.92 Å². The molecule has 0 radical (unpaired) electrons. The third-order valence-electron chi connectivity index (χ3n) is 2.77. The van der Waals surface area contributed by atoms with Crippen molar-refractivity contribution >= 4 is 11.9 Å². The highest BCUT2D eigenvalue weighted by Crippen LogP contribution is 2.25. The summed E-state index contributed by atoms with van der Waals surface area (Å²) >= 11 is 0. The van der Waals surface area contributed by atoms with Gasteiger partial charge >= 0.3 is 6.03 Å². The lowest BCUT2D eigenvalue weighted by atomic mass is 9.88. The van der Waals surface area contributed by atoms with E-state index in [-0.39, 0.29) is 5.91 Å². The van der Waals surface area contributed by atoms with Crippen LogP contribution in [0.1, 0.15) is 32.1 Å². The third kappa shape index (κ3) is 1.95. The molecule has 1 aliphatic heterocycles. The maximum atomic E-state index is 11.2. The van der Waals surface area contributed by atoms with E-state index in [4.69, 9.17) is 0 Å². The molecule has 2 N–H and O–H groups in total. The molecule has 2 fully saturated rings. The summed E-state index contributed by atoms with van der Waals surface area (Å²) in [5.41, 5.74) is 0.432. The second kappa shape index (κ2) is 3.82. The standard InChI is InChI=1S/C10H14N2O2/c13-9-8(11-10(14)12-9)6-7-4-2-1-3-5-7/h6-7H,1-5H2,(H2,11,12,13,14). The number of imide groups is 1. The van der Waals surface area contributed by atoms with Gasteiger partial charge in [0.1, 0.15) is 5.70 Å². The predicted molar refractivity (Wildman–Crippen MR) is 51.3 cm³/mol. The minimum Gasteiger partial charge on any atom is -0.303 e. The maximum Gasteiger partial charge on any atom is 0.326 e. The fourth-order valence-corrected chi connectivity index (χ4v) is 2.03. The Morgan fingerprint density at radius 2 is 1.79 bits per heavy atom. The molecule has 0 aromatic rings. The number of hydrogen-bond donors (Lipinski definition) is 2. The monoisotopic (exact) mass is 194 g/mol. The summed E-state index contributed by atoms with van der Waals surface area (Å²) in [6.45, 7) is 0. The number of amides is 3. The van der Waals surface area contributed by atoms with Crippen molar-refractivity contribution in [3.8, 4) is 0 Å². The van der Waals surface area contributed by atoms with Crippen LogP contribution in [0, 0.1) is 5.92 Å². The lowest BCUT2D eigenvalue weighted by Crippen LogP contribution is -2.22. The highest BCUT2D eigenvalue weighted by Gasteiger charge is 2.24. The van der Waals surface area contributed by atoms with Crippen LogP contribution in [0.3, 0.4) is 0 Å². The Morgan fingerprint density at radius 3 is 2.36 bits per heavy atom. The van der Waals surface area contributed by atoms with E-state index in [2.05, 4.69) is 10.6 Å². The van der Waals surface area contributed by atoms with Gasteiger partial charge < -0.3 is 5.32 Å². The first-order chi connectivity index (χ1) is 6.75. The molecule has 1 saturated heterocycles. The van der Waals surface area contributed by atoms with Crippen molar-refractivity contribution < 1.29 is 9.59 Å². The highest BCUT2D eigenvalue weighted by atomic mass is 16.2. The molecule has 0 bridgehead atoms. The molecule has 0 aromatic heterocycles. The largest absolute Gasteiger partial charge is 0.326 e. The molecule has 76 valence electrons. The summed E-state index contributed by atoms with van der Waals surface area (Å²) in [4.78, 5) is 22.0. The fraction of sp³-hybridized carbons (Fsp3) is 0.600.